The second-order valence-corrected chi connectivity index (χ2v) is 5.66. The molecule has 2 aromatic rings. The standard InChI is InChI=1S/C13H14BrN3O2/c14-10-4-2-9(3-5-10)11-16-12(19-17-11)13(18)6-1-7-15-8-13/h2-5,15,18H,1,6-8H2. The predicted octanol–water partition coefficient (Wildman–Crippen LogP) is 2.07. The molecule has 1 unspecified atom stereocenters. The summed E-state index contributed by atoms with van der Waals surface area (Å²) in [6.45, 7) is 1.37. The second kappa shape index (κ2) is 5.03. The molecule has 0 saturated carbocycles. The van der Waals surface area contributed by atoms with Crippen LogP contribution in [0, 0.1) is 0 Å². The fourth-order valence-electron chi connectivity index (χ4n) is 2.20. The molecule has 1 aliphatic rings. The third-order valence-electron chi connectivity index (χ3n) is 3.29. The molecular formula is C13H14BrN3O2. The predicted molar refractivity (Wildman–Crippen MR) is 73.4 cm³/mol. The third-order valence-corrected chi connectivity index (χ3v) is 3.82. The average Bonchev–Trinajstić information content (AvgIpc) is 2.91. The maximum Gasteiger partial charge on any atom is 0.260 e. The third kappa shape index (κ3) is 2.56. The van der Waals surface area contributed by atoms with Crippen LogP contribution in [-0.4, -0.2) is 28.3 Å². The molecule has 0 amide bonds. The number of β-amino-alcohol motifs (C(OH)–C–C–N with tert-alkyl or cyclic N) is 1. The number of nitrogens with one attached hydrogen (secondary N) is 1. The summed E-state index contributed by atoms with van der Waals surface area (Å²) in [7, 11) is 0. The van der Waals surface area contributed by atoms with E-state index in [0.717, 1.165) is 23.0 Å². The van der Waals surface area contributed by atoms with E-state index in [1.807, 2.05) is 24.3 Å². The highest BCUT2D eigenvalue weighted by molar-refractivity contribution is 9.10. The van der Waals surface area contributed by atoms with Gasteiger partial charge in [-0.15, -0.1) is 0 Å². The lowest BCUT2D eigenvalue weighted by Crippen LogP contribution is -2.43. The summed E-state index contributed by atoms with van der Waals surface area (Å²) in [5.74, 6) is 0.791. The van der Waals surface area contributed by atoms with Crippen molar-refractivity contribution in [1.82, 2.24) is 15.5 Å². The van der Waals surface area contributed by atoms with Gasteiger partial charge in [0, 0.05) is 16.6 Å². The van der Waals surface area contributed by atoms with E-state index in [9.17, 15) is 5.11 Å². The van der Waals surface area contributed by atoms with Gasteiger partial charge in [0.05, 0.1) is 0 Å². The Kier molecular flexibility index (Phi) is 3.38. The summed E-state index contributed by atoms with van der Waals surface area (Å²) in [5, 5.41) is 17.6. The number of hydrogen-bond donors (Lipinski definition) is 2. The van der Waals surface area contributed by atoms with Crippen molar-refractivity contribution in [2.45, 2.75) is 18.4 Å². The van der Waals surface area contributed by atoms with Crippen LogP contribution >= 0.6 is 15.9 Å². The van der Waals surface area contributed by atoms with Gasteiger partial charge in [-0.2, -0.15) is 4.98 Å². The van der Waals surface area contributed by atoms with Crippen LogP contribution in [0.3, 0.4) is 0 Å². The Balaban J connectivity index is 1.88. The summed E-state index contributed by atoms with van der Waals surface area (Å²) in [5.41, 5.74) is -0.177. The van der Waals surface area contributed by atoms with Gasteiger partial charge in [0.25, 0.3) is 5.89 Å². The smallest absolute Gasteiger partial charge is 0.260 e. The van der Waals surface area contributed by atoms with Crippen LogP contribution in [0.15, 0.2) is 33.3 Å². The molecule has 2 N–H and O–H groups in total. The second-order valence-electron chi connectivity index (χ2n) is 4.74. The SMILES string of the molecule is OC1(c2nc(-c3ccc(Br)cc3)no2)CCCNC1. The van der Waals surface area contributed by atoms with E-state index in [4.69, 9.17) is 4.52 Å². The highest BCUT2D eigenvalue weighted by Crippen LogP contribution is 2.28. The van der Waals surface area contributed by atoms with Gasteiger partial charge in [-0.1, -0.05) is 21.1 Å². The molecule has 1 aliphatic heterocycles. The number of halogens is 1. The van der Waals surface area contributed by atoms with Crippen molar-refractivity contribution in [3.05, 3.63) is 34.6 Å². The summed E-state index contributed by atoms with van der Waals surface area (Å²) < 4.78 is 6.22. The molecule has 5 nitrogen and oxygen atoms in total. The van der Waals surface area contributed by atoms with Crippen molar-refractivity contribution >= 4 is 15.9 Å². The van der Waals surface area contributed by atoms with Crippen LogP contribution in [0.5, 0.6) is 0 Å². The minimum absolute atomic E-state index is 0.289. The van der Waals surface area contributed by atoms with Gasteiger partial charge < -0.3 is 14.9 Å². The lowest BCUT2D eigenvalue weighted by Gasteiger charge is -2.28. The first-order valence-electron chi connectivity index (χ1n) is 6.21. The fraction of sp³-hybridized carbons (Fsp3) is 0.385. The van der Waals surface area contributed by atoms with E-state index in [0.29, 0.717) is 18.8 Å². The van der Waals surface area contributed by atoms with Gasteiger partial charge in [-0.05, 0) is 43.7 Å². The quantitative estimate of drug-likeness (QED) is 0.885. The first kappa shape index (κ1) is 12.8. The zero-order valence-electron chi connectivity index (χ0n) is 10.3. The topological polar surface area (TPSA) is 71.2 Å². The van der Waals surface area contributed by atoms with Crippen molar-refractivity contribution in [3.63, 3.8) is 0 Å². The van der Waals surface area contributed by atoms with Crippen LogP contribution in [0.4, 0.5) is 0 Å². The summed E-state index contributed by atoms with van der Waals surface area (Å²) >= 11 is 3.38. The normalized spacial score (nSPS) is 23.5. The Labute approximate surface area is 119 Å². The Morgan fingerprint density at radius 1 is 1.32 bits per heavy atom. The summed E-state index contributed by atoms with van der Waals surface area (Å²) in [6.07, 6.45) is 1.54. The Hall–Kier alpha value is -1.24. The molecule has 0 aliphatic carbocycles. The number of aromatic nitrogens is 2. The molecule has 6 heteroatoms. The largest absolute Gasteiger partial charge is 0.379 e. The highest BCUT2D eigenvalue weighted by Gasteiger charge is 2.37. The molecule has 3 rings (SSSR count). The molecule has 19 heavy (non-hydrogen) atoms. The number of rotatable bonds is 2. The van der Waals surface area contributed by atoms with Crippen LogP contribution in [-0.2, 0) is 5.60 Å². The van der Waals surface area contributed by atoms with Gasteiger partial charge in [-0.25, -0.2) is 0 Å². The molecule has 1 aromatic heterocycles. The fourth-order valence-corrected chi connectivity index (χ4v) is 2.46. The molecule has 0 radical (unpaired) electrons. The van der Waals surface area contributed by atoms with Crippen molar-refractivity contribution in [2.24, 2.45) is 0 Å². The summed E-state index contributed by atoms with van der Waals surface area (Å²) in [4.78, 5) is 4.32. The van der Waals surface area contributed by atoms with E-state index in [1.165, 1.54) is 0 Å². The molecule has 0 bridgehead atoms. The van der Waals surface area contributed by atoms with Crippen LogP contribution in [0.25, 0.3) is 11.4 Å². The Morgan fingerprint density at radius 3 is 2.79 bits per heavy atom. The maximum absolute atomic E-state index is 10.5. The van der Waals surface area contributed by atoms with Crippen molar-refractivity contribution in [1.29, 1.82) is 0 Å². The molecule has 2 heterocycles. The lowest BCUT2D eigenvalue weighted by molar-refractivity contribution is -0.0167. The van der Waals surface area contributed by atoms with E-state index in [2.05, 4.69) is 31.4 Å². The van der Waals surface area contributed by atoms with Crippen molar-refractivity contribution in [3.8, 4) is 11.4 Å². The number of nitrogens with zero attached hydrogens (tertiary/aromatic N) is 2. The highest BCUT2D eigenvalue weighted by atomic mass is 79.9. The molecule has 1 atom stereocenters. The number of aliphatic hydroxyl groups is 1. The molecule has 1 saturated heterocycles. The van der Waals surface area contributed by atoms with Crippen LogP contribution in [0.2, 0.25) is 0 Å². The number of benzene rings is 1. The zero-order valence-corrected chi connectivity index (χ0v) is 11.9. The van der Waals surface area contributed by atoms with Gasteiger partial charge in [-0.3, -0.25) is 0 Å². The van der Waals surface area contributed by atoms with Crippen LogP contribution in [0.1, 0.15) is 18.7 Å². The number of hydrogen-bond acceptors (Lipinski definition) is 5. The average molecular weight is 324 g/mol. The number of piperidine rings is 1. The van der Waals surface area contributed by atoms with Crippen LogP contribution < -0.4 is 5.32 Å². The Morgan fingerprint density at radius 2 is 2.11 bits per heavy atom. The molecule has 1 aromatic carbocycles. The van der Waals surface area contributed by atoms with E-state index in [-0.39, 0.29) is 5.89 Å². The van der Waals surface area contributed by atoms with Gasteiger partial charge in [0.15, 0.2) is 5.60 Å². The van der Waals surface area contributed by atoms with Crippen molar-refractivity contribution < 1.29 is 9.63 Å². The van der Waals surface area contributed by atoms with E-state index < -0.39 is 5.60 Å². The molecular weight excluding hydrogens is 310 g/mol. The first-order valence-corrected chi connectivity index (χ1v) is 7.00. The lowest BCUT2D eigenvalue weighted by atomic mass is 9.94. The maximum atomic E-state index is 10.5. The van der Waals surface area contributed by atoms with Crippen molar-refractivity contribution in [2.75, 3.05) is 13.1 Å². The molecule has 1 fully saturated rings. The molecule has 100 valence electrons. The monoisotopic (exact) mass is 323 g/mol. The zero-order chi connectivity index (χ0) is 13.3. The van der Waals surface area contributed by atoms with Gasteiger partial charge in [0.2, 0.25) is 5.82 Å². The summed E-state index contributed by atoms with van der Waals surface area (Å²) in [6, 6.07) is 7.65. The minimum Gasteiger partial charge on any atom is -0.379 e. The molecule has 0 spiro atoms. The van der Waals surface area contributed by atoms with E-state index >= 15 is 0 Å². The Bertz CT molecular complexity index is 562. The van der Waals surface area contributed by atoms with Gasteiger partial charge >= 0.3 is 0 Å². The minimum atomic E-state index is -1.04. The van der Waals surface area contributed by atoms with E-state index in [1.54, 1.807) is 0 Å². The first-order chi connectivity index (χ1) is 9.17. The van der Waals surface area contributed by atoms with Gasteiger partial charge in [0.1, 0.15) is 0 Å².